The van der Waals surface area contributed by atoms with Gasteiger partial charge in [-0.1, -0.05) is 19.8 Å². The SMILES string of the molecule is CCCCC1NC(C)N(CC2(OC)CCOC2)C1=O. The van der Waals surface area contributed by atoms with Crippen molar-refractivity contribution in [2.24, 2.45) is 0 Å². The Kier molecular flexibility index (Phi) is 4.81. The quantitative estimate of drug-likeness (QED) is 0.786. The Morgan fingerprint density at radius 2 is 2.37 bits per heavy atom. The molecule has 1 N–H and O–H groups in total. The van der Waals surface area contributed by atoms with Crippen molar-refractivity contribution < 1.29 is 14.3 Å². The highest BCUT2D eigenvalue weighted by molar-refractivity contribution is 5.84. The van der Waals surface area contributed by atoms with Crippen molar-refractivity contribution in [1.29, 1.82) is 0 Å². The minimum Gasteiger partial charge on any atom is -0.378 e. The Bertz CT molecular complexity index is 316. The van der Waals surface area contributed by atoms with Gasteiger partial charge in [0.1, 0.15) is 5.60 Å². The minimum absolute atomic E-state index is 0.0221. The second-order valence-electron chi connectivity index (χ2n) is 5.69. The fourth-order valence-electron chi connectivity index (χ4n) is 2.92. The first kappa shape index (κ1) is 14.8. The van der Waals surface area contributed by atoms with Gasteiger partial charge in [0, 0.05) is 20.1 Å². The molecule has 110 valence electrons. The third kappa shape index (κ3) is 3.09. The number of amides is 1. The molecule has 0 spiro atoms. The van der Waals surface area contributed by atoms with E-state index in [0.717, 1.165) is 32.3 Å². The molecule has 5 heteroatoms. The molecule has 2 aliphatic heterocycles. The van der Waals surface area contributed by atoms with Gasteiger partial charge >= 0.3 is 0 Å². The molecule has 19 heavy (non-hydrogen) atoms. The lowest BCUT2D eigenvalue weighted by Gasteiger charge is -2.32. The standard InChI is InChI=1S/C14H26N2O3/c1-4-5-6-12-13(17)16(11(2)15-12)9-14(18-3)7-8-19-10-14/h11-12,15H,4-10H2,1-3H3. The molecule has 2 heterocycles. The van der Waals surface area contributed by atoms with E-state index >= 15 is 0 Å². The van der Waals surface area contributed by atoms with Gasteiger partial charge < -0.3 is 14.4 Å². The molecule has 3 unspecified atom stereocenters. The first-order chi connectivity index (χ1) is 9.12. The largest absolute Gasteiger partial charge is 0.378 e. The highest BCUT2D eigenvalue weighted by Gasteiger charge is 2.43. The van der Waals surface area contributed by atoms with E-state index in [2.05, 4.69) is 12.2 Å². The molecule has 1 amide bonds. The predicted molar refractivity (Wildman–Crippen MR) is 72.8 cm³/mol. The van der Waals surface area contributed by atoms with E-state index in [4.69, 9.17) is 9.47 Å². The molecule has 0 aromatic carbocycles. The average Bonchev–Trinajstić information content (AvgIpc) is 2.98. The summed E-state index contributed by atoms with van der Waals surface area (Å²) in [6, 6.07) is -0.0221. The van der Waals surface area contributed by atoms with Crippen LogP contribution < -0.4 is 5.32 Å². The fraction of sp³-hybridized carbons (Fsp3) is 0.929. The van der Waals surface area contributed by atoms with Crippen molar-refractivity contribution in [2.75, 3.05) is 26.9 Å². The summed E-state index contributed by atoms with van der Waals surface area (Å²) < 4.78 is 11.1. The maximum Gasteiger partial charge on any atom is 0.241 e. The summed E-state index contributed by atoms with van der Waals surface area (Å²) in [6.45, 7) is 6.12. The number of rotatable bonds is 6. The second kappa shape index (κ2) is 6.20. The zero-order valence-electron chi connectivity index (χ0n) is 12.3. The van der Waals surface area contributed by atoms with Crippen molar-refractivity contribution >= 4 is 5.91 Å². The van der Waals surface area contributed by atoms with Gasteiger partial charge in [-0.2, -0.15) is 0 Å². The van der Waals surface area contributed by atoms with Crippen molar-refractivity contribution in [3.8, 4) is 0 Å². The zero-order chi connectivity index (χ0) is 13.9. The highest BCUT2D eigenvalue weighted by Crippen LogP contribution is 2.26. The van der Waals surface area contributed by atoms with E-state index in [-0.39, 0.29) is 23.7 Å². The normalized spacial score (nSPS) is 35.3. The number of methoxy groups -OCH3 is 1. The van der Waals surface area contributed by atoms with Gasteiger partial charge in [0.15, 0.2) is 0 Å². The first-order valence-corrected chi connectivity index (χ1v) is 7.31. The first-order valence-electron chi connectivity index (χ1n) is 7.31. The molecule has 0 aromatic rings. The Hall–Kier alpha value is -0.650. The van der Waals surface area contributed by atoms with Crippen LogP contribution in [0.4, 0.5) is 0 Å². The van der Waals surface area contributed by atoms with E-state index in [0.29, 0.717) is 13.2 Å². The van der Waals surface area contributed by atoms with E-state index in [1.54, 1.807) is 7.11 Å². The van der Waals surface area contributed by atoms with Crippen LogP contribution in [0.5, 0.6) is 0 Å². The van der Waals surface area contributed by atoms with Crippen molar-refractivity contribution in [3.63, 3.8) is 0 Å². The summed E-state index contributed by atoms with van der Waals surface area (Å²) in [5.74, 6) is 0.212. The lowest BCUT2D eigenvalue weighted by molar-refractivity contribution is -0.134. The third-order valence-electron chi connectivity index (χ3n) is 4.30. The summed E-state index contributed by atoms with van der Waals surface area (Å²) in [6.07, 6.45) is 4.08. The van der Waals surface area contributed by atoms with E-state index in [1.807, 2.05) is 11.8 Å². The fourth-order valence-corrected chi connectivity index (χ4v) is 2.92. The Labute approximate surface area is 115 Å². The average molecular weight is 270 g/mol. The Balaban J connectivity index is 1.97. The van der Waals surface area contributed by atoms with E-state index in [1.165, 1.54) is 0 Å². The molecule has 0 aromatic heterocycles. The van der Waals surface area contributed by atoms with Crippen LogP contribution in [-0.2, 0) is 14.3 Å². The smallest absolute Gasteiger partial charge is 0.241 e. The molecule has 2 aliphatic rings. The summed E-state index contributed by atoms with van der Waals surface area (Å²) in [4.78, 5) is 14.3. The third-order valence-corrected chi connectivity index (χ3v) is 4.30. The predicted octanol–water partition coefficient (Wildman–Crippen LogP) is 1.13. The monoisotopic (exact) mass is 270 g/mol. The van der Waals surface area contributed by atoms with Gasteiger partial charge in [0.2, 0.25) is 5.91 Å². The van der Waals surface area contributed by atoms with Gasteiger partial charge in [-0.15, -0.1) is 0 Å². The van der Waals surface area contributed by atoms with Crippen molar-refractivity contribution in [3.05, 3.63) is 0 Å². The number of unbranched alkanes of at least 4 members (excludes halogenated alkanes) is 1. The van der Waals surface area contributed by atoms with Gasteiger partial charge in [-0.05, 0) is 13.3 Å². The molecular weight excluding hydrogens is 244 g/mol. The lowest BCUT2D eigenvalue weighted by atomic mass is 10.0. The summed E-state index contributed by atoms with van der Waals surface area (Å²) in [5, 5.41) is 3.38. The topological polar surface area (TPSA) is 50.8 Å². The molecular formula is C14H26N2O3. The maximum atomic E-state index is 12.4. The van der Waals surface area contributed by atoms with Crippen LogP contribution >= 0.6 is 0 Å². The van der Waals surface area contributed by atoms with Crippen molar-refractivity contribution in [2.45, 2.75) is 57.3 Å². The van der Waals surface area contributed by atoms with E-state index < -0.39 is 0 Å². The van der Waals surface area contributed by atoms with Crippen LogP contribution in [0, 0.1) is 0 Å². The minimum atomic E-state index is -0.314. The molecule has 0 radical (unpaired) electrons. The molecule has 2 saturated heterocycles. The number of carbonyl (C=O) groups is 1. The van der Waals surface area contributed by atoms with Crippen LogP contribution in [0.3, 0.4) is 0 Å². The van der Waals surface area contributed by atoms with Gasteiger partial charge in [-0.3, -0.25) is 10.1 Å². The molecule has 0 aliphatic carbocycles. The maximum absolute atomic E-state index is 12.4. The Morgan fingerprint density at radius 3 is 2.95 bits per heavy atom. The van der Waals surface area contributed by atoms with Crippen molar-refractivity contribution in [1.82, 2.24) is 10.2 Å². The van der Waals surface area contributed by atoms with Crippen LogP contribution in [0.2, 0.25) is 0 Å². The summed E-state index contributed by atoms with van der Waals surface area (Å²) in [5.41, 5.74) is -0.314. The van der Waals surface area contributed by atoms with E-state index in [9.17, 15) is 4.79 Å². The highest BCUT2D eigenvalue weighted by atomic mass is 16.5. The number of carbonyl (C=O) groups excluding carboxylic acids is 1. The number of nitrogens with zero attached hydrogens (tertiary/aromatic N) is 1. The number of hydrogen-bond donors (Lipinski definition) is 1. The van der Waals surface area contributed by atoms with Gasteiger partial charge in [0.05, 0.1) is 25.4 Å². The Morgan fingerprint density at radius 1 is 1.58 bits per heavy atom. The molecule has 0 bridgehead atoms. The van der Waals surface area contributed by atoms with Crippen LogP contribution in [0.25, 0.3) is 0 Å². The number of nitrogens with one attached hydrogen (secondary N) is 1. The molecule has 3 atom stereocenters. The molecule has 5 nitrogen and oxygen atoms in total. The number of ether oxygens (including phenoxy) is 2. The zero-order valence-corrected chi connectivity index (χ0v) is 12.3. The number of hydrogen-bond acceptors (Lipinski definition) is 4. The summed E-state index contributed by atoms with van der Waals surface area (Å²) >= 11 is 0. The van der Waals surface area contributed by atoms with Crippen LogP contribution in [-0.4, -0.2) is 55.5 Å². The summed E-state index contributed by atoms with van der Waals surface area (Å²) in [7, 11) is 1.71. The van der Waals surface area contributed by atoms with Gasteiger partial charge in [0.25, 0.3) is 0 Å². The molecule has 2 fully saturated rings. The lowest BCUT2D eigenvalue weighted by Crippen LogP contribution is -2.49. The van der Waals surface area contributed by atoms with Gasteiger partial charge in [-0.25, -0.2) is 0 Å². The molecule has 2 rings (SSSR count). The second-order valence-corrected chi connectivity index (χ2v) is 5.69. The van der Waals surface area contributed by atoms with Crippen LogP contribution in [0.1, 0.15) is 39.5 Å². The van der Waals surface area contributed by atoms with Crippen LogP contribution in [0.15, 0.2) is 0 Å². The molecule has 0 saturated carbocycles.